The Morgan fingerprint density at radius 3 is 2.88 bits per heavy atom. The van der Waals surface area contributed by atoms with Crippen LogP contribution in [0.15, 0.2) is 0 Å². The molecule has 0 aromatic heterocycles. The van der Waals surface area contributed by atoms with Gasteiger partial charge in [-0.25, -0.2) is 0 Å². The Bertz CT molecular complexity index is 261. The quantitative estimate of drug-likeness (QED) is 0.791. The monoisotopic (exact) mass is 238 g/mol. The highest BCUT2D eigenvalue weighted by Gasteiger charge is 2.46. The first kappa shape index (κ1) is 11.9. The minimum Gasteiger partial charge on any atom is -0.371 e. The van der Waals surface area contributed by atoms with Crippen molar-refractivity contribution < 1.29 is 4.74 Å². The van der Waals surface area contributed by atoms with Crippen LogP contribution in [0.5, 0.6) is 0 Å². The second kappa shape index (κ2) is 4.87. The minimum atomic E-state index is 0.135. The summed E-state index contributed by atoms with van der Waals surface area (Å²) in [6, 6.07) is 0.601. The molecule has 0 amide bonds. The van der Waals surface area contributed by atoms with Crippen LogP contribution in [0.4, 0.5) is 0 Å². The lowest BCUT2D eigenvalue weighted by molar-refractivity contribution is -0.0922. The van der Waals surface area contributed by atoms with Crippen molar-refractivity contribution in [3.05, 3.63) is 0 Å². The van der Waals surface area contributed by atoms with Gasteiger partial charge in [-0.1, -0.05) is 25.7 Å². The Morgan fingerprint density at radius 1 is 1.35 bits per heavy atom. The lowest BCUT2D eigenvalue weighted by Crippen LogP contribution is -2.59. The van der Waals surface area contributed by atoms with Gasteiger partial charge in [-0.15, -0.1) is 0 Å². The second-order valence-corrected chi connectivity index (χ2v) is 6.29. The first-order valence-corrected chi connectivity index (χ1v) is 7.34. The van der Waals surface area contributed by atoms with Crippen molar-refractivity contribution in [2.45, 2.75) is 50.2 Å². The van der Waals surface area contributed by atoms with Crippen LogP contribution in [0.3, 0.4) is 0 Å². The van der Waals surface area contributed by atoms with Crippen molar-refractivity contribution in [2.24, 2.45) is 5.92 Å². The molecule has 3 rings (SSSR count). The number of rotatable bonds is 2. The molecule has 0 radical (unpaired) electrons. The molecular formula is C14H26N2O. The molecule has 2 saturated heterocycles. The summed E-state index contributed by atoms with van der Waals surface area (Å²) in [5.74, 6) is 0.956. The second-order valence-electron chi connectivity index (χ2n) is 6.29. The Morgan fingerprint density at radius 2 is 2.18 bits per heavy atom. The van der Waals surface area contributed by atoms with Gasteiger partial charge in [-0.3, -0.25) is 0 Å². The van der Waals surface area contributed by atoms with Crippen molar-refractivity contribution in [1.82, 2.24) is 10.2 Å². The zero-order chi connectivity index (χ0) is 11.7. The predicted octanol–water partition coefficient (Wildman–Crippen LogP) is 1.63. The number of nitrogens with zero attached hydrogens (tertiary/aromatic N) is 1. The molecule has 0 bridgehead atoms. The molecule has 1 aliphatic carbocycles. The Kier molecular flexibility index (Phi) is 3.42. The van der Waals surface area contributed by atoms with E-state index in [1.54, 1.807) is 0 Å². The molecule has 3 fully saturated rings. The van der Waals surface area contributed by atoms with Gasteiger partial charge in [-0.05, 0) is 25.8 Å². The maximum Gasteiger partial charge on any atom is 0.0973 e. The molecular weight excluding hydrogens is 212 g/mol. The molecule has 2 heterocycles. The van der Waals surface area contributed by atoms with E-state index in [1.165, 1.54) is 45.1 Å². The van der Waals surface area contributed by atoms with Crippen molar-refractivity contribution in [3.63, 3.8) is 0 Å². The minimum absolute atomic E-state index is 0.135. The summed E-state index contributed by atoms with van der Waals surface area (Å²) in [4.78, 5) is 2.43. The van der Waals surface area contributed by atoms with Gasteiger partial charge >= 0.3 is 0 Å². The number of morpholine rings is 1. The fourth-order valence-corrected chi connectivity index (χ4v) is 4.05. The Labute approximate surface area is 105 Å². The third kappa shape index (κ3) is 2.38. The summed E-state index contributed by atoms with van der Waals surface area (Å²) >= 11 is 0. The van der Waals surface area contributed by atoms with Gasteiger partial charge in [0.1, 0.15) is 0 Å². The van der Waals surface area contributed by atoms with E-state index >= 15 is 0 Å². The SMILES string of the molecule is CN1CCC2(C1)OCCNC2CC1CCCC1. The third-order valence-corrected chi connectivity index (χ3v) is 5.02. The highest BCUT2D eigenvalue weighted by atomic mass is 16.5. The van der Waals surface area contributed by atoms with Crippen molar-refractivity contribution >= 4 is 0 Å². The van der Waals surface area contributed by atoms with Gasteiger partial charge in [-0.2, -0.15) is 0 Å². The molecule has 3 aliphatic rings. The molecule has 0 aromatic rings. The average molecular weight is 238 g/mol. The number of nitrogens with one attached hydrogen (secondary N) is 1. The first-order valence-electron chi connectivity index (χ1n) is 7.34. The van der Waals surface area contributed by atoms with Gasteiger partial charge in [0.25, 0.3) is 0 Å². The first-order chi connectivity index (χ1) is 8.28. The lowest BCUT2D eigenvalue weighted by atomic mass is 9.84. The highest BCUT2D eigenvalue weighted by Crippen LogP contribution is 2.37. The fourth-order valence-electron chi connectivity index (χ4n) is 4.05. The molecule has 2 atom stereocenters. The van der Waals surface area contributed by atoms with E-state index < -0.39 is 0 Å². The summed E-state index contributed by atoms with van der Waals surface area (Å²) < 4.78 is 6.22. The van der Waals surface area contributed by atoms with Crippen LogP contribution in [0.25, 0.3) is 0 Å². The number of ether oxygens (including phenoxy) is 1. The van der Waals surface area contributed by atoms with Crippen molar-refractivity contribution in [1.29, 1.82) is 0 Å². The molecule has 1 N–H and O–H groups in total. The summed E-state index contributed by atoms with van der Waals surface area (Å²) in [6.45, 7) is 4.26. The maximum atomic E-state index is 6.22. The van der Waals surface area contributed by atoms with E-state index in [2.05, 4.69) is 17.3 Å². The predicted molar refractivity (Wildman–Crippen MR) is 69.2 cm³/mol. The summed E-state index contributed by atoms with van der Waals surface area (Å²) in [6.07, 6.45) is 8.35. The fraction of sp³-hybridized carbons (Fsp3) is 1.00. The highest BCUT2D eigenvalue weighted by molar-refractivity contribution is 5.02. The summed E-state index contributed by atoms with van der Waals surface area (Å²) in [5.41, 5.74) is 0.135. The molecule has 0 aromatic carbocycles. The van der Waals surface area contributed by atoms with Gasteiger partial charge in [0, 0.05) is 25.7 Å². The molecule has 1 saturated carbocycles. The van der Waals surface area contributed by atoms with Gasteiger partial charge in [0.15, 0.2) is 0 Å². The Balaban J connectivity index is 1.66. The topological polar surface area (TPSA) is 24.5 Å². The standard InChI is InChI=1S/C14H26N2O/c1-16-8-6-14(11-16)13(15-7-9-17-14)10-12-4-2-3-5-12/h12-13,15H,2-11H2,1H3. The van der Waals surface area contributed by atoms with Crippen LogP contribution in [0, 0.1) is 5.92 Å². The van der Waals surface area contributed by atoms with Crippen LogP contribution >= 0.6 is 0 Å². The van der Waals surface area contributed by atoms with Crippen LogP contribution in [-0.4, -0.2) is 49.8 Å². The lowest BCUT2D eigenvalue weighted by Gasteiger charge is -2.43. The number of hydrogen-bond acceptors (Lipinski definition) is 3. The van der Waals surface area contributed by atoms with E-state index in [4.69, 9.17) is 4.74 Å². The number of hydrogen-bond donors (Lipinski definition) is 1. The van der Waals surface area contributed by atoms with Gasteiger partial charge < -0.3 is 15.0 Å². The molecule has 3 nitrogen and oxygen atoms in total. The maximum absolute atomic E-state index is 6.22. The van der Waals surface area contributed by atoms with Crippen molar-refractivity contribution in [3.8, 4) is 0 Å². The zero-order valence-electron chi connectivity index (χ0n) is 11.1. The van der Waals surface area contributed by atoms with Crippen LogP contribution in [0.2, 0.25) is 0 Å². The number of likely N-dealkylation sites (tertiary alicyclic amines) is 1. The Hall–Kier alpha value is -0.120. The van der Waals surface area contributed by atoms with E-state index in [0.29, 0.717) is 6.04 Å². The smallest absolute Gasteiger partial charge is 0.0973 e. The zero-order valence-corrected chi connectivity index (χ0v) is 11.1. The number of likely N-dealkylation sites (N-methyl/N-ethyl adjacent to an activating group) is 1. The van der Waals surface area contributed by atoms with Crippen molar-refractivity contribution in [2.75, 3.05) is 33.3 Å². The largest absolute Gasteiger partial charge is 0.371 e. The molecule has 2 aliphatic heterocycles. The van der Waals surface area contributed by atoms with Gasteiger partial charge in [0.05, 0.1) is 12.2 Å². The van der Waals surface area contributed by atoms with E-state index in [0.717, 1.165) is 25.6 Å². The van der Waals surface area contributed by atoms with Gasteiger partial charge in [0.2, 0.25) is 0 Å². The molecule has 98 valence electrons. The summed E-state index contributed by atoms with van der Waals surface area (Å²) in [5, 5.41) is 3.75. The van der Waals surface area contributed by atoms with Crippen LogP contribution < -0.4 is 5.32 Å². The average Bonchev–Trinajstić information content (AvgIpc) is 2.93. The molecule has 3 heteroatoms. The van der Waals surface area contributed by atoms with Crippen LogP contribution in [-0.2, 0) is 4.74 Å². The third-order valence-electron chi connectivity index (χ3n) is 5.02. The molecule has 1 spiro atoms. The van der Waals surface area contributed by atoms with Crippen LogP contribution in [0.1, 0.15) is 38.5 Å². The van der Waals surface area contributed by atoms with E-state index in [9.17, 15) is 0 Å². The van der Waals surface area contributed by atoms with E-state index in [1.807, 2.05) is 0 Å². The molecule has 2 unspecified atom stereocenters. The summed E-state index contributed by atoms with van der Waals surface area (Å²) in [7, 11) is 2.22. The van der Waals surface area contributed by atoms with E-state index in [-0.39, 0.29) is 5.60 Å². The molecule has 17 heavy (non-hydrogen) atoms. The normalized spacial score (nSPS) is 40.4.